The van der Waals surface area contributed by atoms with E-state index in [1.54, 1.807) is 7.05 Å². The molecule has 0 bridgehead atoms. The van der Waals surface area contributed by atoms with Gasteiger partial charge in [-0.15, -0.1) is 0 Å². The number of nitrogens with zero attached hydrogens (tertiary/aromatic N) is 2. The maximum absolute atomic E-state index is 12.8. The molecule has 6 nitrogen and oxygen atoms in total. The minimum atomic E-state index is -0.423. The Balaban J connectivity index is 2.00. The van der Waals surface area contributed by atoms with Crippen LogP contribution in [-0.4, -0.2) is 47.7 Å². The summed E-state index contributed by atoms with van der Waals surface area (Å²) in [5.74, 6) is -1.03. The standard InChI is InChI=1S/C16H13BrN2O4S2/c1-18-10-4-3-8(17)7-9(10)12(14(18)21)13-15(22)19(16(24)25-13)6-5-11(20)23-2/h3-4,7H,5-6H2,1-2H3/b13-12-. The van der Waals surface area contributed by atoms with Crippen LogP contribution in [0.3, 0.4) is 0 Å². The van der Waals surface area contributed by atoms with Crippen LogP contribution in [0.1, 0.15) is 12.0 Å². The van der Waals surface area contributed by atoms with Crippen molar-refractivity contribution in [2.75, 3.05) is 25.6 Å². The maximum Gasteiger partial charge on any atom is 0.307 e. The second kappa shape index (κ2) is 6.89. The number of carbonyl (C=O) groups excluding carboxylic acids is 3. The molecule has 0 spiro atoms. The molecule has 0 aliphatic carbocycles. The number of hydrogen-bond acceptors (Lipinski definition) is 6. The molecule has 9 heteroatoms. The Bertz CT molecular complexity index is 853. The highest BCUT2D eigenvalue weighted by atomic mass is 79.9. The van der Waals surface area contributed by atoms with Crippen LogP contribution >= 0.6 is 39.9 Å². The molecule has 0 atom stereocenters. The van der Waals surface area contributed by atoms with Gasteiger partial charge in [-0.1, -0.05) is 39.9 Å². The predicted molar refractivity (Wildman–Crippen MR) is 103 cm³/mol. The van der Waals surface area contributed by atoms with Gasteiger partial charge in [-0.25, -0.2) is 0 Å². The summed E-state index contributed by atoms with van der Waals surface area (Å²) in [4.78, 5) is 39.9. The van der Waals surface area contributed by atoms with Gasteiger partial charge in [-0.2, -0.15) is 0 Å². The number of esters is 1. The molecule has 25 heavy (non-hydrogen) atoms. The van der Waals surface area contributed by atoms with Gasteiger partial charge < -0.3 is 9.64 Å². The first-order valence-electron chi connectivity index (χ1n) is 7.28. The second-order valence-electron chi connectivity index (χ2n) is 5.38. The number of likely N-dealkylation sites (N-methyl/N-ethyl adjacent to an activating group) is 1. The van der Waals surface area contributed by atoms with Gasteiger partial charge >= 0.3 is 5.97 Å². The van der Waals surface area contributed by atoms with E-state index in [9.17, 15) is 14.4 Å². The van der Waals surface area contributed by atoms with E-state index in [-0.39, 0.29) is 24.8 Å². The van der Waals surface area contributed by atoms with Gasteiger partial charge in [0.05, 0.1) is 29.7 Å². The van der Waals surface area contributed by atoms with Gasteiger partial charge in [0.15, 0.2) is 0 Å². The predicted octanol–water partition coefficient (Wildman–Crippen LogP) is 2.56. The first kappa shape index (κ1) is 18.1. The summed E-state index contributed by atoms with van der Waals surface area (Å²) in [6.07, 6.45) is 0.0432. The molecular weight excluding hydrogens is 428 g/mol. The molecular formula is C16H13BrN2O4S2. The number of halogens is 1. The molecule has 1 fully saturated rings. The highest BCUT2D eigenvalue weighted by molar-refractivity contribution is 9.10. The van der Waals surface area contributed by atoms with Crippen LogP contribution in [0.4, 0.5) is 5.69 Å². The third kappa shape index (κ3) is 3.11. The maximum atomic E-state index is 12.8. The smallest absolute Gasteiger partial charge is 0.307 e. The van der Waals surface area contributed by atoms with Crippen molar-refractivity contribution in [1.82, 2.24) is 4.90 Å². The largest absolute Gasteiger partial charge is 0.469 e. The van der Waals surface area contributed by atoms with E-state index in [4.69, 9.17) is 12.2 Å². The van der Waals surface area contributed by atoms with Crippen LogP contribution in [0.5, 0.6) is 0 Å². The third-order valence-electron chi connectivity index (χ3n) is 3.95. The molecule has 1 saturated heterocycles. The van der Waals surface area contributed by atoms with Gasteiger partial charge in [0, 0.05) is 23.6 Å². The van der Waals surface area contributed by atoms with Crippen LogP contribution in [0.25, 0.3) is 5.57 Å². The van der Waals surface area contributed by atoms with E-state index in [0.717, 1.165) is 21.9 Å². The molecule has 130 valence electrons. The minimum Gasteiger partial charge on any atom is -0.469 e. The van der Waals surface area contributed by atoms with Crippen molar-refractivity contribution in [2.45, 2.75) is 6.42 Å². The summed E-state index contributed by atoms with van der Waals surface area (Å²) < 4.78 is 5.73. The molecule has 0 N–H and O–H groups in total. The molecule has 3 rings (SSSR count). The van der Waals surface area contributed by atoms with Crippen LogP contribution in [0.15, 0.2) is 27.6 Å². The highest BCUT2D eigenvalue weighted by Gasteiger charge is 2.41. The third-order valence-corrected chi connectivity index (χ3v) is 5.89. The van der Waals surface area contributed by atoms with Crippen molar-refractivity contribution in [3.05, 3.63) is 33.1 Å². The Morgan fingerprint density at radius 3 is 2.72 bits per heavy atom. The Morgan fingerprint density at radius 1 is 1.32 bits per heavy atom. The fraction of sp³-hybridized carbons (Fsp3) is 0.250. The van der Waals surface area contributed by atoms with Gasteiger partial charge in [0.25, 0.3) is 11.8 Å². The molecule has 2 heterocycles. The summed E-state index contributed by atoms with van der Waals surface area (Å²) in [6, 6.07) is 5.47. The van der Waals surface area contributed by atoms with E-state index in [2.05, 4.69) is 20.7 Å². The lowest BCUT2D eigenvalue weighted by Crippen LogP contribution is -2.31. The van der Waals surface area contributed by atoms with Crippen LogP contribution < -0.4 is 4.90 Å². The SMILES string of the molecule is COC(=O)CCN1C(=O)/C(=C2/C(=O)N(C)c3ccc(Br)cc32)SC1=S. The van der Waals surface area contributed by atoms with Crippen molar-refractivity contribution in [3.8, 4) is 0 Å². The Morgan fingerprint density at radius 2 is 2.04 bits per heavy atom. The number of benzene rings is 1. The number of methoxy groups -OCH3 is 1. The molecule has 0 unspecified atom stereocenters. The number of fused-ring (bicyclic) bond motifs is 1. The normalized spacial score (nSPS) is 19.7. The van der Waals surface area contributed by atoms with Crippen molar-refractivity contribution in [3.63, 3.8) is 0 Å². The van der Waals surface area contributed by atoms with E-state index in [1.165, 1.54) is 16.9 Å². The number of carbonyl (C=O) groups is 3. The Kier molecular flexibility index (Phi) is 4.99. The number of thiocarbonyl (C=S) groups is 1. The van der Waals surface area contributed by atoms with E-state index in [0.29, 0.717) is 20.4 Å². The van der Waals surface area contributed by atoms with Crippen molar-refractivity contribution in [1.29, 1.82) is 0 Å². The molecule has 0 radical (unpaired) electrons. The number of anilines is 1. The van der Waals surface area contributed by atoms with E-state index < -0.39 is 5.97 Å². The number of ether oxygens (including phenoxy) is 1. The monoisotopic (exact) mass is 440 g/mol. The lowest BCUT2D eigenvalue weighted by Gasteiger charge is -2.13. The summed E-state index contributed by atoms with van der Waals surface area (Å²) in [6.45, 7) is 0.128. The van der Waals surface area contributed by atoms with Crippen molar-refractivity contribution >= 4 is 73.3 Å². The van der Waals surface area contributed by atoms with Crippen LogP contribution in [0, 0.1) is 0 Å². The van der Waals surface area contributed by atoms with E-state index in [1.807, 2.05) is 18.2 Å². The quantitative estimate of drug-likeness (QED) is 0.408. The fourth-order valence-corrected chi connectivity index (χ4v) is 4.40. The number of amides is 2. The van der Waals surface area contributed by atoms with Crippen LogP contribution in [0.2, 0.25) is 0 Å². The molecule has 0 aromatic heterocycles. The summed E-state index contributed by atoms with van der Waals surface area (Å²) in [7, 11) is 2.95. The Labute approximate surface area is 162 Å². The first-order valence-corrected chi connectivity index (χ1v) is 9.29. The molecule has 2 aliphatic rings. The average molecular weight is 441 g/mol. The second-order valence-corrected chi connectivity index (χ2v) is 7.94. The zero-order valence-corrected chi connectivity index (χ0v) is 16.6. The van der Waals surface area contributed by atoms with Crippen molar-refractivity contribution in [2.24, 2.45) is 0 Å². The number of rotatable bonds is 3. The fourth-order valence-electron chi connectivity index (χ4n) is 2.66. The molecule has 2 aliphatic heterocycles. The zero-order chi connectivity index (χ0) is 18.3. The number of hydrogen-bond donors (Lipinski definition) is 0. The highest BCUT2D eigenvalue weighted by Crippen LogP contribution is 2.44. The molecule has 1 aromatic carbocycles. The average Bonchev–Trinajstić information content (AvgIpc) is 2.99. The van der Waals surface area contributed by atoms with E-state index >= 15 is 0 Å². The van der Waals surface area contributed by atoms with Gasteiger partial charge in [-0.3, -0.25) is 19.3 Å². The van der Waals surface area contributed by atoms with Crippen LogP contribution in [-0.2, 0) is 19.1 Å². The minimum absolute atomic E-state index is 0.0432. The summed E-state index contributed by atoms with van der Waals surface area (Å²) >= 11 is 9.74. The Hall–Kier alpha value is -1.71. The first-order chi connectivity index (χ1) is 11.8. The topological polar surface area (TPSA) is 66.9 Å². The van der Waals surface area contributed by atoms with Gasteiger partial charge in [0.2, 0.25) is 0 Å². The summed E-state index contributed by atoms with van der Waals surface area (Å²) in [5.41, 5.74) is 1.77. The molecule has 1 aromatic rings. The van der Waals surface area contributed by atoms with Gasteiger partial charge in [0.1, 0.15) is 4.32 Å². The van der Waals surface area contributed by atoms with Gasteiger partial charge in [-0.05, 0) is 18.2 Å². The number of thioether (sulfide) groups is 1. The lowest BCUT2D eigenvalue weighted by molar-refractivity contribution is -0.141. The molecule has 0 saturated carbocycles. The summed E-state index contributed by atoms with van der Waals surface area (Å²) in [5, 5.41) is 0. The van der Waals surface area contributed by atoms with Crippen molar-refractivity contribution < 1.29 is 19.1 Å². The molecule has 2 amide bonds. The zero-order valence-electron chi connectivity index (χ0n) is 13.4. The lowest BCUT2D eigenvalue weighted by atomic mass is 10.1.